The van der Waals surface area contributed by atoms with Crippen molar-refractivity contribution in [3.8, 4) is 0 Å². The molecular weight excluding hydrogens is 372 g/mol. The lowest BCUT2D eigenvalue weighted by Crippen LogP contribution is -2.25. The fraction of sp³-hybridized carbons (Fsp3) is 0.143. The molecule has 7 heteroatoms. The van der Waals surface area contributed by atoms with Gasteiger partial charge in [-0.25, -0.2) is 23.1 Å². The van der Waals surface area contributed by atoms with E-state index >= 15 is 0 Å². The smallest absolute Gasteiger partial charge is 0.240 e. The summed E-state index contributed by atoms with van der Waals surface area (Å²) in [6.07, 6.45) is 1.72. The van der Waals surface area contributed by atoms with E-state index in [1.165, 1.54) is 5.56 Å². The number of aryl methyl sites for hydroxylation is 1. The second-order valence-electron chi connectivity index (χ2n) is 6.59. The zero-order chi connectivity index (χ0) is 19.6. The number of nitrogens with one attached hydrogen (secondary N) is 1. The van der Waals surface area contributed by atoms with Crippen molar-refractivity contribution < 1.29 is 8.42 Å². The van der Waals surface area contributed by atoms with Crippen LogP contribution in [0.2, 0.25) is 0 Å². The Labute approximate surface area is 163 Å². The molecule has 2 heterocycles. The van der Waals surface area contributed by atoms with E-state index in [4.69, 9.17) is 0 Å². The Morgan fingerprint density at radius 2 is 1.82 bits per heavy atom. The summed E-state index contributed by atoms with van der Waals surface area (Å²) >= 11 is 0. The van der Waals surface area contributed by atoms with Crippen LogP contribution in [0.1, 0.15) is 17.0 Å². The second kappa shape index (κ2) is 7.53. The fourth-order valence-electron chi connectivity index (χ4n) is 3.14. The topological polar surface area (TPSA) is 76.9 Å². The normalized spacial score (nSPS) is 11.8. The van der Waals surface area contributed by atoms with E-state index in [1.807, 2.05) is 41.8 Å². The van der Waals surface area contributed by atoms with Crippen LogP contribution in [0.3, 0.4) is 0 Å². The first kappa shape index (κ1) is 18.3. The molecule has 4 aromatic rings. The van der Waals surface area contributed by atoms with Crippen molar-refractivity contribution in [3.63, 3.8) is 0 Å². The molecule has 0 saturated heterocycles. The van der Waals surface area contributed by atoms with Gasteiger partial charge in [0.2, 0.25) is 10.0 Å². The first-order valence-electron chi connectivity index (χ1n) is 8.93. The van der Waals surface area contributed by atoms with Gasteiger partial charge in [0.25, 0.3) is 0 Å². The van der Waals surface area contributed by atoms with Gasteiger partial charge in [0, 0.05) is 6.20 Å². The quantitative estimate of drug-likeness (QED) is 0.546. The largest absolute Gasteiger partial charge is 0.307 e. The summed E-state index contributed by atoms with van der Waals surface area (Å²) in [5.41, 5.74) is 3.75. The maximum Gasteiger partial charge on any atom is 0.240 e. The van der Waals surface area contributed by atoms with Crippen molar-refractivity contribution in [2.75, 3.05) is 0 Å². The Kier molecular flexibility index (Phi) is 4.93. The standard InChI is InChI=1S/C21H20N4O2S/c1-16-7-5-8-17(13-16)15-25-20(24-19-11-6-12-22-21(19)25)14-23-28(26,27)18-9-3-2-4-10-18/h2-13,23H,14-15H2,1H3. The molecule has 142 valence electrons. The Hall–Kier alpha value is -3.03. The van der Waals surface area contributed by atoms with Crippen LogP contribution in [0.15, 0.2) is 77.8 Å². The summed E-state index contributed by atoms with van der Waals surface area (Å²) in [5.74, 6) is 0.620. The van der Waals surface area contributed by atoms with Crippen molar-refractivity contribution in [2.24, 2.45) is 0 Å². The van der Waals surface area contributed by atoms with Crippen LogP contribution in [0.25, 0.3) is 11.2 Å². The summed E-state index contributed by atoms with van der Waals surface area (Å²) in [7, 11) is -3.62. The Balaban J connectivity index is 1.67. The zero-order valence-corrected chi connectivity index (χ0v) is 16.2. The summed E-state index contributed by atoms with van der Waals surface area (Å²) < 4.78 is 29.7. The number of nitrogens with zero attached hydrogens (tertiary/aromatic N) is 3. The third kappa shape index (κ3) is 3.81. The highest BCUT2D eigenvalue weighted by Gasteiger charge is 2.17. The lowest BCUT2D eigenvalue weighted by atomic mass is 10.1. The van der Waals surface area contributed by atoms with Gasteiger partial charge in [-0.15, -0.1) is 0 Å². The molecule has 28 heavy (non-hydrogen) atoms. The van der Waals surface area contributed by atoms with Gasteiger partial charge in [0.1, 0.15) is 11.3 Å². The molecule has 0 amide bonds. The zero-order valence-electron chi connectivity index (χ0n) is 15.4. The molecule has 0 aliphatic rings. The highest BCUT2D eigenvalue weighted by atomic mass is 32.2. The lowest BCUT2D eigenvalue weighted by molar-refractivity contribution is 0.576. The molecule has 0 radical (unpaired) electrons. The van der Waals surface area contributed by atoms with E-state index in [-0.39, 0.29) is 11.4 Å². The molecule has 0 aliphatic carbocycles. The van der Waals surface area contributed by atoms with Crippen LogP contribution in [0.4, 0.5) is 0 Å². The Bertz CT molecular complexity index is 1220. The molecule has 0 aliphatic heterocycles. The highest BCUT2D eigenvalue weighted by Crippen LogP contribution is 2.17. The molecule has 0 spiro atoms. The molecule has 4 rings (SSSR count). The van der Waals surface area contributed by atoms with Gasteiger partial charge in [0.15, 0.2) is 5.65 Å². The second-order valence-corrected chi connectivity index (χ2v) is 8.35. The molecule has 0 bridgehead atoms. The van der Waals surface area contributed by atoms with E-state index in [1.54, 1.807) is 36.5 Å². The number of pyridine rings is 1. The molecule has 1 N–H and O–H groups in total. The predicted octanol–water partition coefficient (Wildman–Crippen LogP) is 3.27. The van der Waals surface area contributed by atoms with E-state index in [2.05, 4.69) is 20.8 Å². The number of fused-ring (bicyclic) bond motifs is 1. The van der Waals surface area contributed by atoms with Crippen molar-refractivity contribution in [3.05, 3.63) is 89.9 Å². The van der Waals surface area contributed by atoms with Crippen LogP contribution in [0.5, 0.6) is 0 Å². The number of benzene rings is 2. The first-order valence-corrected chi connectivity index (χ1v) is 10.4. The van der Waals surface area contributed by atoms with Crippen LogP contribution in [-0.4, -0.2) is 23.0 Å². The minimum atomic E-state index is -3.62. The number of sulfonamides is 1. The van der Waals surface area contributed by atoms with Crippen molar-refractivity contribution in [1.29, 1.82) is 0 Å². The average Bonchev–Trinajstić information content (AvgIpc) is 3.05. The molecule has 0 saturated carbocycles. The third-order valence-corrected chi connectivity index (χ3v) is 5.90. The lowest BCUT2D eigenvalue weighted by Gasteiger charge is -2.11. The van der Waals surface area contributed by atoms with Gasteiger partial charge in [0.05, 0.1) is 18.0 Å². The number of rotatable bonds is 6. The molecule has 2 aromatic heterocycles. The Morgan fingerprint density at radius 1 is 1.00 bits per heavy atom. The fourth-order valence-corrected chi connectivity index (χ4v) is 4.14. The average molecular weight is 392 g/mol. The van der Waals surface area contributed by atoms with Crippen LogP contribution >= 0.6 is 0 Å². The first-order chi connectivity index (χ1) is 13.5. The van der Waals surface area contributed by atoms with E-state index in [0.29, 0.717) is 12.4 Å². The van der Waals surface area contributed by atoms with Crippen molar-refractivity contribution in [1.82, 2.24) is 19.3 Å². The Morgan fingerprint density at radius 3 is 2.61 bits per heavy atom. The molecule has 0 unspecified atom stereocenters. The predicted molar refractivity (Wildman–Crippen MR) is 108 cm³/mol. The number of imidazole rings is 1. The van der Waals surface area contributed by atoms with E-state index < -0.39 is 10.0 Å². The monoisotopic (exact) mass is 392 g/mol. The van der Waals surface area contributed by atoms with Crippen molar-refractivity contribution >= 4 is 21.2 Å². The maximum absolute atomic E-state index is 12.6. The van der Waals surface area contributed by atoms with Crippen LogP contribution < -0.4 is 4.72 Å². The summed E-state index contributed by atoms with van der Waals surface area (Å²) in [6.45, 7) is 2.69. The molecular formula is C21H20N4O2S. The SMILES string of the molecule is Cc1cccc(Cn2c(CNS(=O)(=O)c3ccccc3)nc3cccnc32)c1. The molecule has 0 atom stereocenters. The number of hydrogen-bond donors (Lipinski definition) is 1. The van der Waals surface area contributed by atoms with Gasteiger partial charge >= 0.3 is 0 Å². The molecule has 6 nitrogen and oxygen atoms in total. The van der Waals surface area contributed by atoms with Gasteiger partial charge in [-0.05, 0) is 36.8 Å². The maximum atomic E-state index is 12.6. The summed E-state index contributed by atoms with van der Waals surface area (Å²) in [5, 5.41) is 0. The summed E-state index contributed by atoms with van der Waals surface area (Å²) in [4.78, 5) is 9.28. The minimum Gasteiger partial charge on any atom is -0.307 e. The van der Waals surface area contributed by atoms with E-state index in [0.717, 1.165) is 16.7 Å². The summed E-state index contributed by atoms with van der Waals surface area (Å²) in [6, 6.07) is 20.2. The van der Waals surface area contributed by atoms with Gasteiger partial charge in [-0.2, -0.15) is 0 Å². The number of hydrogen-bond acceptors (Lipinski definition) is 4. The van der Waals surface area contributed by atoms with Gasteiger partial charge in [-0.1, -0.05) is 48.0 Å². The van der Waals surface area contributed by atoms with Gasteiger partial charge in [-0.3, -0.25) is 0 Å². The highest BCUT2D eigenvalue weighted by molar-refractivity contribution is 7.89. The molecule has 2 aromatic carbocycles. The van der Waals surface area contributed by atoms with Crippen LogP contribution in [0, 0.1) is 6.92 Å². The van der Waals surface area contributed by atoms with Crippen LogP contribution in [-0.2, 0) is 23.1 Å². The third-order valence-electron chi connectivity index (χ3n) is 4.48. The minimum absolute atomic E-state index is 0.0827. The molecule has 0 fully saturated rings. The number of aromatic nitrogens is 3. The van der Waals surface area contributed by atoms with E-state index in [9.17, 15) is 8.42 Å². The van der Waals surface area contributed by atoms with Crippen molar-refractivity contribution in [2.45, 2.75) is 24.9 Å². The van der Waals surface area contributed by atoms with Gasteiger partial charge < -0.3 is 4.57 Å².